The fourth-order valence-electron chi connectivity index (χ4n) is 1.78. The van der Waals surface area contributed by atoms with Crippen molar-refractivity contribution < 1.29 is 0 Å². The summed E-state index contributed by atoms with van der Waals surface area (Å²) in [6.45, 7) is 6.37. The van der Waals surface area contributed by atoms with Crippen molar-refractivity contribution in [2.24, 2.45) is 4.99 Å². The van der Waals surface area contributed by atoms with E-state index in [4.69, 9.17) is 0 Å². The Morgan fingerprint density at radius 2 is 1.94 bits per heavy atom. The van der Waals surface area contributed by atoms with E-state index in [0.717, 1.165) is 25.3 Å². The highest BCUT2D eigenvalue weighted by molar-refractivity contribution is 5.85. The van der Waals surface area contributed by atoms with Gasteiger partial charge in [-0.3, -0.25) is 4.99 Å². The summed E-state index contributed by atoms with van der Waals surface area (Å²) >= 11 is 0. The predicted octanol–water partition coefficient (Wildman–Crippen LogP) is 2.78. The van der Waals surface area contributed by atoms with Crippen LogP contribution in [0.1, 0.15) is 30.9 Å². The topological polar surface area (TPSA) is 24.4 Å². The van der Waals surface area contributed by atoms with Gasteiger partial charge in [-0.15, -0.1) is 12.4 Å². The van der Waals surface area contributed by atoms with Crippen molar-refractivity contribution in [3.8, 4) is 0 Å². The van der Waals surface area contributed by atoms with Crippen molar-refractivity contribution in [3.63, 3.8) is 0 Å². The molecule has 2 rings (SSSR count). The number of amidine groups is 1. The molecule has 3 heteroatoms. The molecule has 16 heavy (non-hydrogen) atoms. The molecule has 0 bridgehead atoms. The quantitative estimate of drug-likeness (QED) is 0.861. The molecular weight excluding hydrogens is 220 g/mol. The van der Waals surface area contributed by atoms with Gasteiger partial charge in [-0.2, -0.15) is 0 Å². The van der Waals surface area contributed by atoms with Gasteiger partial charge in [0.05, 0.1) is 6.54 Å². The second-order valence-corrected chi connectivity index (χ2v) is 4.33. The van der Waals surface area contributed by atoms with Crippen LogP contribution in [0.3, 0.4) is 0 Å². The van der Waals surface area contributed by atoms with Crippen molar-refractivity contribution in [1.29, 1.82) is 0 Å². The lowest BCUT2D eigenvalue weighted by Gasteiger charge is -2.07. The van der Waals surface area contributed by atoms with Crippen LogP contribution in [0.5, 0.6) is 0 Å². The zero-order valence-electron chi connectivity index (χ0n) is 9.86. The zero-order valence-corrected chi connectivity index (χ0v) is 10.7. The highest BCUT2D eigenvalue weighted by atomic mass is 35.5. The number of aliphatic imine (C=N–C) groups is 1. The fourth-order valence-corrected chi connectivity index (χ4v) is 1.78. The van der Waals surface area contributed by atoms with Gasteiger partial charge in [0.15, 0.2) is 0 Å². The Labute approximate surface area is 104 Å². The van der Waals surface area contributed by atoms with Gasteiger partial charge in [-0.1, -0.05) is 38.1 Å². The van der Waals surface area contributed by atoms with E-state index >= 15 is 0 Å². The minimum Gasteiger partial charge on any atom is -0.372 e. The van der Waals surface area contributed by atoms with Crippen LogP contribution in [0.4, 0.5) is 0 Å². The molecule has 1 aliphatic rings. The number of nitrogens with one attached hydrogen (secondary N) is 1. The van der Waals surface area contributed by atoms with Crippen LogP contribution in [0.25, 0.3) is 0 Å². The highest BCUT2D eigenvalue weighted by Crippen LogP contribution is 2.15. The maximum Gasteiger partial charge on any atom is 0.101 e. The molecule has 1 aromatic carbocycles. The first kappa shape index (κ1) is 13.0. The fraction of sp³-hybridized carbons (Fsp3) is 0.462. The van der Waals surface area contributed by atoms with Gasteiger partial charge in [0, 0.05) is 13.0 Å². The third kappa shape index (κ3) is 3.24. The van der Waals surface area contributed by atoms with E-state index < -0.39 is 0 Å². The van der Waals surface area contributed by atoms with Crippen LogP contribution in [-0.2, 0) is 6.42 Å². The first-order chi connectivity index (χ1) is 7.25. The van der Waals surface area contributed by atoms with Crippen LogP contribution in [0.15, 0.2) is 29.3 Å². The van der Waals surface area contributed by atoms with Crippen molar-refractivity contribution in [2.75, 3.05) is 13.1 Å². The van der Waals surface area contributed by atoms with Gasteiger partial charge in [-0.05, 0) is 17.0 Å². The van der Waals surface area contributed by atoms with E-state index in [1.54, 1.807) is 0 Å². The van der Waals surface area contributed by atoms with Crippen LogP contribution in [0.2, 0.25) is 0 Å². The van der Waals surface area contributed by atoms with Crippen molar-refractivity contribution in [2.45, 2.75) is 26.2 Å². The molecule has 2 nitrogen and oxygen atoms in total. The first-order valence-electron chi connectivity index (χ1n) is 5.62. The van der Waals surface area contributed by atoms with Gasteiger partial charge in [0.2, 0.25) is 0 Å². The van der Waals surface area contributed by atoms with Crippen LogP contribution in [0, 0.1) is 0 Å². The third-order valence-electron chi connectivity index (χ3n) is 2.76. The summed E-state index contributed by atoms with van der Waals surface area (Å²) in [7, 11) is 0. The Hall–Kier alpha value is -1.02. The molecule has 0 atom stereocenters. The molecule has 0 fully saturated rings. The Bertz CT molecular complexity index is 355. The Kier molecular flexibility index (Phi) is 4.81. The average molecular weight is 239 g/mol. The predicted molar refractivity (Wildman–Crippen MR) is 71.8 cm³/mol. The standard InChI is InChI=1S/C13H18N2.ClH/c1-10(2)12-5-3-11(4-6-12)9-13-14-7-8-15-13;/h3-6,10H,7-9H2,1-2H3,(H,14,15);1H. The maximum atomic E-state index is 4.39. The molecule has 0 unspecified atom stereocenters. The summed E-state index contributed by atoms with van der Waals surface area (Å²) in [5.74, 6) is 1.74. The van der Waals surface area contributed by atoms with E-state index in [-0.39, 0.29) is 12.4 Å². The van der Waals surface area contributed by atoms with E-state index in [1.807, 2.05) is 0 Å². The maximum absolute atomic E-state index is 4.39. The number of halogens is 1. The molecule has 0 spiro atoms. The zero-order chi connectivity index (χ0) is 10.7. The normalized spacial score (nSPS) is 14.3. The lowest BCUT2D eigenvalue weighted by molar-refractivity contribution is 0.865. The van der Waals surface area contributed by atoms with Gasteiger partial charge in [-0.25, -0.2) is 0 Å². The van der Waals surface area contributed by atoms with E-state index in [2.05, 4.69) is 48.4 Å². The number of nitrogens with zero attached hydrogens (tertiary/aromatic N) is 1. The molecule has 0 aliphatic carbocycles. The van der Waals surface area contributed by atoms with Crippen LogP contribution in [-0.4, -0.2) is 18.9 Å². The molecule has 0 amide bonds. The van der Waals surface area contributed by atoms with E-state index in [1.165, 1.54) is 11.1 Å². The molecule has 1 N–H and O–H groups in total. The van der Waals surface area contributed by atoms with E-state index in [0.29, 0.717) is 5.92 Å². The number of hydrogen-bond acceptors (Lipinski definition) is 2. The molecule has 0 aromatic heterocycles. The molecule has 0 saturated heterocycles. The molecule has 1 heterocycles. The Morgan fingerprint density at radius 3 is 2.44 bits per heavy atom. The summed E-state index contributed by atoms with van der Waals surface area (Å²) in [6, 6.07) is 8.85. The average Bonchev–Trinajstić information content (AvgIpc) is 2.71. The first-order valence-corrected chi connectivity index (χ1v) is 5.62. The smallest absolute Gasteiger partial charge is 0.101 e. The van der Waals surface area contributed by atoms with Crippen LogP contribution >= 0.6 is 12.4 Å². The van der Waals surface area contributed by atoms with Gasteiger partial charge in [0.1, 0.15) is 5.84 Å². The lowest BCUT2D eigenvalue weighted by Crippen LogP contribution is -2.20. The van der Waals surface area contributed by atoms with Gasteiger partial charge in [0.25, 0.3) is 0 Å². The summed E-state index contributed by atoms with van der Waals surface area (Å²) < 4.78 is 0. The van der Waals surface area contributed by atoms with Crippen molar-refractivity contribution >= 4 is 18.2 Å². The minimum atomic E-state index is 0. The summed E-state index contributed by atoms with van der Waals surface area (Å²) in [4.78, 5) is 4.39. The van der Waals surface area contributed by atoms with Crippen molar-refractivity contribution in [1.82, 2.24) is 5.32 Å². The van der Waals surface area contributed by atoms with Crippen LogP contribution < -0.4 is 5.32 Å². The molecule has 0 saturated carbocycles. The van der Waals surface area contributed by atoms with E-state index in [9.17, 15) is 0 Å². The lowest BCUT2D eigenvalue weighted by atomic mass is 10.0. The minimum absolute atomic E-state index is 0. The molecule has 1 aliphatic heterocycles. The SMILES string of the molecule is CC(C)c1ccc(CC2=NCCN2)cc1.Cl. The molecular formula is C13H19ClN2. The monoisotopic (exact) mass is 238 g/mol. The third-order valence-corrected chi connectivity index (χ3v) is 2.76. The largest absolute Gasteiger partial charge is 0.372 e. The number of rotatable bonds is 3. The second-order valence-electron chi connectivity index (χ2n) is 4.33. The molecule has 1 aromatic rings. The summed E-state index contributed by atoms with van der Waals surface area (Å²) in [6.07, 6.45) is 0.943. The second kappa shape index (κ2) is 5.90. The van der Waals surface area contributed by atoms with Crippen molar-refractivity contribution in [3.05, 3.63) is 35.4 Å². The number of hydrogen-bond donors (Lipinski definition) is 1. The van der Waals surface area contributed by atoms with Gasteiger partial charge < -0.3 is 5.32 Å². The Balaban J connectivity index is 0.00000128. The Morgan fingerprint density at radius 1 is 1.25 bits per heavy atom. The molecule has 0 radical (unpaired) electrons. The van der Waals surface area contributed by atoms with Gasteiger partial charge >= 0.3 is 0 Å². The summed E-state index contributed by atoms with van der Waals surface area (Å²) in [5, 5.41) is 3.29. The highest BCUT2D eigenvalue weighted by Gasteiger charge is 2.06. The molecule has 88 valence electrons. The summed E-state index contributed by atoms with van der Waals surface area (Å²) in [5.41, 5.74) is 2.74. The number of benzene rings is 1.